The molecule has 1 fully saturated rings. The Kier molecular flexibility index (Phi) is 10.0. The SMILES string of the molecule is CCC1(CCCCN2CCN(c3ncccn3)CC2)C(=O)N(Cc2ccccc2)c2ccccc21.O=C(O)C(=O)O. The Labute approximate surface area is 240 Å². The van der Waals surface area contributed by atoms with Gasteiger partial charge in [-0.15, -0.1) is 0 Å². The molecular formula is C31H37N5O5. The van der Waals surface area contributed by atoms with Crippen molar-refractivity contribution in [1.82, 2.24) is 14.9 Å². The molecule has 0 radical (unpaired) electrons. The predicted molar refractivity (Wildman–Crippen MR) is 156 cm³/mol. The number of carboxylic acid groups (broad SMARTS) is 2. The molecule has 5 rings (SSSR count). The molecular weight excluding hydrogens is 522 g/mol. The summed E-state index contributed by atoms with van der Waals surface area (Å²) in [5.74, 6) is -2.55. The minimum Gasteiger partial charge on any atom is -0.473 e. The van der Waals surface area contributed by atoms with Crippen LogP contribution in [-0.2, 0) is 26.3 Å². The van der Waals surface area contributed by atoms with Gasteiger partial charge in [-0.05, 0) is 49.1 Å². The number of carboxylic acids is 2. The predicted octanol–water partition coefficient (Wildman–Crippen LogP) is 3.82. The molecule has 0 spiro atoms. The van der Waals surface area contributed by atoms with Crippen molar-refractivity contribution in [3.8, 4) is 0 Å². The fourth-order valence-electron chi connectivity index (χ4n) is 5.67. The third-order valence-corrected chi connectivity index (χ3v) is 7.87. The van der Waals surface area contributed by atoms with E-state index < -0.39 is 17.4 Å². The summed E-state index contributed by atoms with van der Waals surface area (Å²) in [7, 11) is 0. The zero-order valence-corrected chi connectivity index (χ0v) is 23.4. The lowest BCUT2D eigenvalue weighted by atomic mass is 9.75. The highest BCUT2D eigenvalue weighted by Crippen LogP contribution is 2.47. The molecule has 1 aromatic heterocycles. The van der Waals surface area contributed by atoms with Crippen LogP contribution in [0.5, 0.6) is 0 Å². The maximum absolute atomic E-state index is 13.9. The first-order chi connectivity index (χ1) is 19.9. The van der Waals surface area contributed by atoms with Crippen molar-refractivity contribution in [2.45, 2.75) is 44.6 Å². The molecule has 1 saturated heterocycles. The highest BCUT2D eigenvalue weighted by molar-refractivity contribution is 6.27. The number of unbranched alkanes of at least 4 members (excludes halogenated alkanes) is 1. The van der Waals surface area contributed by atoms with E-state index in [1.165, 1.54) is 11.1 Å². The second-order valence-electron chi connectivity index (χ2n) is 10.3. The third-order valence-electron chi connectivity index (χ3n) is 7.87. The summed E-state index contributed by atoms with van der Waals surface area (Å²) in [6, 6.07) is 20.6. The van der Waals surface area contributed by atoms with Crippen molar-refractivity contribution in [1.29, 1.82) is 0 Å². The second-order valence-corrected chi connectivity index (χ2v) is 10.3. The standard InChI is InChI=1S/C29H35N5O.C2H2O4/c1-2-29(15-8-9-18-32-19-21-33(22-20-32)28-30-16-10-17-31-28)25-13-6-7-14-26(25)34(27(29)35)23-24-11-4-3-5-12-24;3-1(4)2(5)6/h3-7,10-14,16-17H,2,8-9,15,18-23H2,1H3;(H,3,4)(H,5,6). The molecule has 2 aromatic carbocycles. The number of para-hydroxylation sites is 1. The van der Waals surface area contributed by atoms with Crippen molar-refractivity contribution in [2.24, 2.45) is 0 Å². The van der Waals surface area contributed by atoms with Gasteiger partial charge in [-0.3, -0.25) is 9.69 Å². The summed E-state index contributed by atoms with van der Waals surface area (Å²) in [5.41, 5.74) is 3.05. The average molecular weight is 560 g/mol. The van der Waals surface area contributed by atoms with Gasteiger partial charge >= 0.3 is 11.9 Å². The topological polar surface area (TPSA) is 127 Å². The summed E-state index contributed by atoms with van der Waals surface area (Å²) in [5, 5.41) is 14.8. The molecule has 216 valence electrons. The minimum atomic E-state index is -1.82. The Morgan fingerprint density at radius 1 is 0.854 bits per heavy atom. The van der Waals surface area contributed by atoms with Crippen LogP contribution in [0.1, 0.15) is 43.7 Å². The smallest absolute Gasteiger partial charge is 0.414 e. The van der Waals surface area contributed by atoms with E-state index >= 15 is 0 Å². The Morgan fingerprint density at radius 3 is 2.12 bits per heavy atom. The van der Waals surface area contributed by atoms with E-state index in [9.17, 15) is 4.79 Å². The number of piperazine rings is 1. The maximum atomic E-state index is 13.9. The molecule has 2 N–H and O–H groups in total. The molecule has 0 aliphatic carbocycles. The van der Waals surface area contributed by atoms with Crippen LogP contribution in [0.25, 0.3) is 0 Å². The number of carbonyl (C=O) groups is 3. The molecule has 10 nitrogen and oxygen atoms in total. The van der Waals surface area contributed by atoms with Crippen LogP contribution >= 0.6 is 0 Å². The highest BCUT2D eigenvalue weighted by atomic mass is 16.4. The fourth-order valence-corrected chi connectivity index (χ4v) is 5.67. The number of carbonyl (C=O) groups excluding carboxylic acids is 1. The lowest BCUT2D eigenvalue weighted by Gasteiger charge is -2.35. The van der Waals surface area contributed by atoms with Gasteiger partial charge in [-0.2, -0.15) is 0 Å². The highest BCUT2D eigenvalue weighted by Gasteiger charge is 2.48. The van der Waals surface area contributed by atoms with Crippen LogP contribution in [0, 0.1) is 0 Å². The minimum absolute atomic E-state index is 0.265. The lowest BCUT2D eigenvalue weighted by Crippen LogP contribution is -2.47. The Morgan fingerprint density at radius 2 is 1.49 bits per heavy atom. The fraction of sp³-hybridized carbons (Fsp3) is 0.387. The van der Waals surface area contributed by atoms with E-state index in [-0.39, 0.29) is 5.91 Å². The molecule has 3 aromatic rings. The van der Waals surface area contributed by atoms with Crippen molar-refractivity contribution in [2.75, 3.05) is 42.5 Å². The van der Waals surface area contributed by atoms with Crippen molar-refractivity contribution >= 4 is 29.5 Å². The van der Waals surface area contributed by atoms with E-state index in [4.69, 9.17) is 19.8 Å². The number of hydrogen-bond acceptors (Lipinski definition) is 7. The molecule has 2 aliphatic heterocycles. The van der Waals surface area contributed by atoms with Crippen molar-refractivity contribution < 1.29 is 24.6 Å². The van der Waals surface area contributed by atoms with Gasteiger partial charge in [0.05, 0.1) is 12.0 Å². The van der Waals surface area contributed by atoms with Crippen molar-refractivity contribution in [3.05, 3.63) is 84.2 Å². The van der Waals surface area contributed by atoms with E-state index in [0.29, 0.717) is 6.54 Å². The first-order valence-electron chi connectivity index (χ1n) is 14.0. The maximum Gasteiger partial charge on any atom is 0.414 e. The second kappa shape index (κ2) is 13.8. The quantitative estimate of drug-likeness (QED) is 0.297. The summed E-state index contributed by atoms with van der Waals surface area (Å²) in [4.78, 5) is 47.7. The summed E-state index contributed by atoms with van der Waals surface area (Å²) in [6.45, 7) is 7.87. The number of rotatable bonds is 9. The summed E-state index contributed by atoms with van der Waals surface area (Å²) >= 11 is 0. The Balaban J connectivity index is 0.000000585. The average Bonchev–Trinajstić information content (AvgIpc) is 3.24. The molecule has 1 amide bonds. The Bertz CT molecular complexity index is 1300. The lowest BCUT2D eigenvalue weighted by molar-refractivity contribution is -0.159. The van der Waals surface area contributed by atoms with Crippen LogP contribution < -0.4 is 9.80 Å². The van der Waals surface area contributed by atoms with Crippen LogP contribution in [0.4, 0.5) is 11.6 Å². The van der Waals surface area contributed by atoms with Crippen LogP contribution in [0.3, 0.4) is 0 Å². The van der Waals surface area contributed by atoms with Gasteiger partial charge in [-0.25, -0.2) is 19.6 Å². The van der Waals surface area contributed by atoms with Gasteiger partial charge in [0.15, 0.2) is 0 Å². The zero-order chi connectivity index (χ0) is 29.2. The third kappa shape index (κ3) is 7.07. The van der Waals surface area contributed by atoms with E-state index in [0.717, 1.165) is 70.0 Å². The number of aliphatic carboxylic acids is 2. The molecule has 0 bridgehead atoms. The summed E-state index contributed by atoms with van der Waals surface area (Å²) < 4.78 is 0. The summed E-state index contributed by atoms with van der Waals surface area (Å²) in [6.07, 6.45) is 7.52. The monoisotopic (exact) mass is 559 g/mol. The molecule has 0 saturated carbocycles. The van der Waals surface area contributed by atoms with Crippen LogP contribution in [0.15, 0.2) is 73.1 Å². The molecule has 2 aliphatic rings. The van der Waals surface area contributed by atoms with E-state index in [1.54, 1.807) is 0 Å². The number of hydrogen-bond donors (Lipinski definition) is 2. The number of benzene rings is 2. The molecule has 10 heteroatoms. The number of aromatic nitrogens is 2. The van der Waals surface area contributed by atoms with Crippen molar-refractivity contribution in [3.63, 3.8) is 0 Å². The number of anilines is 2. The van der Waals surface area contributed by atoms with Gasteiger partial charge in [-0.1, -0.05) is 61.9 Å². The zero-order valence-electron chi connectivity index (χ0n) is 23.4. The van der Waals surface area contributed by atoms with E-state index in [2.05, 4.69) is 63.1 Å². The molecule has 3 heterocycles. The first kappa shape index (κ1) is 29.7. The molecule has 1 unspecified atom stereocenters. The molecule has 1 atom stereocenters. The van der Waals surface area contributed by atoms with Gasteiger partial charge < -0.3 is 20.0 Å². The normalized spacial score (nSPS) is 18.4. The van der Waals surface area contributed by atoms with Gasteiger partial charge in [0, 0.05) is 44.3 Å². The van der Waals surface area contributed by atoms with Gasteiger partial charge in [0.2, 0.25) is 11.9 Å². The van der Waals surface area contributed by atoms with Crippen LogP contribution in [-0.4, -0.2) is 75.7 Å². The largest absolute Gasteiger partial charge is 0.473 e. The Hall–Kier alpha value is -4.31. The number of nitrogens with zero attached hydrogens (tertiary/aromatic N) is 5. The van der Waals surface area contributed by atoms with Crippen LogP contribution in [0.2, 0.25) is 0 Å². The first-order valence-corrected chi connectivity index (χ1v) is 14.0. The van der Waals surface area contributed by atoms with Gasteiger partial charge in [0.1, 0.15) is 0 Å². The van der Waals surface area contributed by atoms with Gasteiger partial charge in [0.25, 0.3) is 0 Å². The molecule has 41 heavy (non-hydrogen) atoms. The van der Waals surface area contributed by atoms with E-state index in [1.807, 2.05) is 41.6 Å². The number of amides is 1. The number of fused-ring (bicyclic) bond motifs is 1.